The fourth-order valence-corrected chi connectivity index (χ4v) is 5.55. The Balaban J connectivity index is 1.70. The molecule has 0 radical (unpaired) electrons. The number of aryl methyl sites for hydroxylation is 2. The Morgan fingerprint density at radius 3 is 2.08 bits per heavy atom. The normalized spacial score (nSPS) is 14.9. The van der Waals surface area contributed by atoms with Gasteiger partial charge in [-0.3, -0.25) is 13.9 Å². The largest absolute Gasteiger partial charge is 0.352 e. The number of carbonyl (C=O) groups is 2. The number of anilines is 1. The zero-order valence-electron chi connectivity index (χ0n) is 21.9. The van der Waals surface area contributed by atoms with Gasteiger partial charge in [0.05, 0.1) is 11.9 Å². The molecule has 1 fully saturated rings. The first-order chi connectivity index (χ1) is 17.0. The van der Waals surface area contributed by atoms with Crippen LogP contribution < -0.4 is 9.62 Å². The molecule has 2 aromatic carbocycles. The Labute approximate surface area is 215 Å². The highest BCUT2D eigenvalue weighted by Gasteiger charge is 2.28. The fourth-order valence-electron chi connectivity index (χ4n) is 4.58. The predicted molar refractivity (Wildman–Crippen MR) is 144 cm³/mol. The van der Waals surface area contributed by atoms with Crippen LogP contribution in [0.5, 0.6) is 0 Å². The summed E-state index contributed by atoms with van der Waals surface area (Å²) < 4.78 is 26.2. The van der Waals surface area contributed by atoms with Gasteiger partial charge in [0, 0.05) is 25.6 Å². The summed E-state index contributed by atoms with van der Waals surface area (Å²) in [4.78, 5) is 28.0. The van der Waals surface area contributed by atoms with Crippen molar-refractivity contribution in [2.45, 2.75) is 77.9 Å². The third kappa shape index (κ3) is 7.82. The van der Waals surface area contributed by atoms with Gasteiger partial charge >= 0.3 is 0 Å². The second-order valence-electron chi connectivity index (χ2n) is 9.95. The summed E-state index contributed by atoms with van der Waals surface area (Å²) in [6.07, 6.45) is 5.85. The minimum absolute atomic E-state index is 0.139. The van der Waals surface area contributed by atoms with Crippen LogP contribution in [0.4, 0.5) is 5.69 Å². The van der Waals surface area contributed by atoms with Crippen LogP contribution in [0.2, 0.25) is 0 Å². The first-order valence-corrected chi connectivity index (χ1v) is 14.6. The summed E-state index contributed by atoms with van der Waals surface area (Å²) in [5.74, 6) is -0.304. The van der Waals surface area contributed by atoms with Crippen LogP contribution in [0.15, 0.2) is 48.5 Å². The van der Waals surface area contributed by atoms with E-state index >= 15 is 0 Å². The fraction of sp³-hybridized carbons (Fsp3) is 0.500. The molecule has 196 valence electrons. The van der Waals surface area contributed by atoms with Crippen molar-refractivity contribution in [3.8, 4) is 0 Å². The van der Waals surface area contributed by atoms with Crippen LogP contribution in [0.1, 0.15) is 62.1 Å². The average molecular weight is 514 g/mol. The number of nitrogens with one attached hydrogen (secondary N) is 1. The van der Waals surface area contributed by atoms with E-state index in [0.717, 1.165) is 42.4 Å². The van der Waals surface area contributed by atoms with Gasteiger partial charge in [-0.1, -0.05) is 60.4 Å². The van der Waals surface area contributed by atoms with Crippen LogP contribution in [-0.4, -0.2) is 50.0 Å². The van der Waals surface area contributed by atoms with E-state index in [2.05, 4.69) is 5.32 Å². The maximum absolute atomic E-state index is 13.4. The van der Waals surface area contributed by atoms with Crippen molar-refractivity contribution in [1.29, 1.82) is 0 Å². The number of rotatable bonds is 11. The van der Waals surface area contributed by atoms with E-state index in [1.165, 1.54) is 10.6 Å². The van der Waals surface area contributed by atoms with Gasteiger partial charge in [-0.05, 0) is 57.7 Å². The van der Waals surface area contributed by atoms with E-state index in [-0.39, 0.29) is 30.8 Å². The van der Waals surface area contributed by atoms with Crippen molar-refractivity contribution in [2.75, 3.05) is 17.1 Å². The molecule has 1 saturated carbocycles. The number of hydrogen-bond donors (Lipinski definition) is 1. The lowest BCUT2D eigenvalue weighted by Gasteiger charge is -2.30. The van der Waals surface area contributed by atoms with Gasteiger partial charge in [-0.15, -0.1) is 0 Å². The Morgan fingerprint density at radius 2 is 1.53 bits per heavy atom. The summed E-state index contributed by atoms with van der Waals surface area (Å²) in [5.41, 5.74) is 3.70. The number of hydrogen-bond acceptors (Lipinski definition) is 4. The van der Waals surface area contributed by atoms with Gasteiger partial charge in [-0.2, -0.15) is 0 Å². The smallest absolute Gasteiger partial charge is 0.242 e. The van der Waals surface area contributed by atoms with Gasteiger partial charge in [0.15, 0.2) is 0 Å². The van der Waals surface area contributed by atoms with Crippen LogP contribution in [-0.2, 0) is 26.2 Å². The van der Waals surface area contributed by atoms with E-state index in [4.69, 9.17) is 0 Å². The topological polar surface area (TPSA) is 86.8 Å². The first kappa shape index (κ1) is 27.7. The molecule has 0 spiro atoms. The maximum Gasteiger partial charge on any atom is 0.242 e. The average Bonchev–Trinajstić information content (AvgIpc) is 3.34. The van der Waals surface area contributed by atoms with Crippen molar-refractivity contribution < 1.29 is 18.0 Å². The third-order valence-corrected chi connectivity index (χ3v) is 8.01. The molecule has 1 aliphatic carbocycles. The molecule has 8 heteroatoms. The molecule has 1 atom stereocenters. The first-order valence-electron chi connectivity index (χ1n) is 12.7. The van der Waals surface area contributed by atoms with E-state index < -0.39 is 16.1 Å². The molecule has 2 amide bonds. The van der Waals surface area contributed by atoms with Gasteiger partial charge in [0.2, 0.25) is 21.8 Å². The molecule has 0 aromatic heterocycles. The van der Waals surface area contributed by atoms with E-state index in [0.29, 0.717) is 18.7 Å². The van der Waals surface area contributed by atoms with Crippen LogP contribution >= 0.6 is 0 Å². The molecule has 1 unspecified atom stereocenters. The lowest BCUT2D eigenvalue weighted by Crippen LogP contribution is -2.49. The number of amides is 2. The summed E-state index contributed by atoms with van der Waals surface area (Å²) in [5, 5.41) is 3.11. The minimum Gasteiger partial charge on any atom is -0.352 e. The van der Waals surface area contributed by atoms with Crippen molar-refractivity contribution in [1.82, 2.24) is 10.2 Å². The quantitative estimate of drug-likeness (QED) is 0.485. The second-order valence-corrected chi connectivity index (χ2v) is 11.9. The van der Waals surface area contributed by atoms with Gasteiger partial charge < -0.3 is 10.2 Å². The molecule has 1 N–H and O–H groups in total. The molecule has 1 aliphatic rings. The SMILES string of the molecule is Cc1ccc(CN(C(=O)CCCN(c2ccc(C)cc2)S(C)(=O)=O)C(C)C(=O)NC2CCCC2)cc1. The Hall–Kier alpha value is -2.87. The summed E-state index contributed by atoms with van der Waals surface area (Å²) in [6.45, 7) is 6.23. The summed E-state index contributed by atoms with van der Waals surface area (Å²) >= 11 is 0. The molecule has 0 saturated heterocycles. The van der Waals surface area contributed by atoms with Crippen molar-refractivity contribution >= 4 is 27.5 Å². The predicted octanol–water partition coefficient (Wildman–Crippen LogP) is 4.33. The van der Waals surface area contributed by atoms with Crippen molar-refractivity contribution in [3.05, 3.63) is 65.2 Å². The monoisotopic (exact) mass is 513 g/mol. The van der Waals surface area contributed by atoms with Gasteiger partial charge in [0.1, 0.15) is 6.04 Å². The molecule has 3 rings (SSSR count). The molecular formula is C28H39N3O4S. The zero-order valence-corrected chi connectivity index (χ0v) is 22.7. The van der Waals surface area contributed by atoms with Crippen LogP contribution in [0.3, 0.4) is 0 Å². The molecule has 0 aliphatic heterocycles. The molecule has 7 nitrogen and oxygen atoms in total. The van der Waals surface area contributed by atoms with Crippen molar-refractivity contribution in [3.63, 3.8) is 0 Å². The lowest BCUT2D eigenvalue weighted by atomic mass is 10.1. The number of carbonyl (C=O) groups excluding carboxylic acids is 2. The maximum atomic E-state index is 13.4. The number of nitrogens with zero attached hydrogens (tertiary/aromatic N) is 2. The highest BCUT2D eigenvalue weighted by atomic mass is 32.2. The second kappa shape index (κ2) is 12.4. The highest BCUT2D eigenvalue weighted by molar-refractivity contribution is 7.92. The van der Waals surface area contributed by atoms with E-state index in [9.17, 15) is 18.0 Å². The minimum atomic E-state index is -3.50. The van der Waals surface area contributed by atoms with Crippen LogP contribution in [0.25, 0.3) is 0 Å². The Morgan fingerprint density at radius 1 is 0.972 bits per heavy atom. The summed E-state index contributed by atoms with van der Waals surface area (Å²) in [7, 11) is -3.50. The third-order valence-electron chi connectivity index (χ3n) is 6.82. The van der Waals surface area contributed by atoms with E-state index in [1.807, 2.05) is 50.2 Å². The molecule has 2 aromatic rings. The van der Waals surface area contributed by atoms with Gasteiger partial charge in [0.25, 0.3) is 0 Å². The standard InChI is InChI=1S/C28H39N3O4S/c1-21-11-15-24(16-12-21)20-30(23(3)28(33)29-25-8-5-6-9-25)27(32)10-7-19-31(36(4,34)35)26-17-13-22(2)14-18-26/h11-18,23,25H,5-10,19-20H2,1-4H3,(H,29,33). The number of sulfonamides is 1. The lowest BCUT2D eigenvalue weighted by molar-refractivity contribution is -0.141. The molecule has 0 heterocycles. The van der Waals surface area contributed by atoms with E-state index in [1.54, 1.807) is 24.0 Å². The Bertz CT molecular complexity index is 1120. The Kier molecular flexibility index (Phi) is 9.54. The van der Waals surface area contributed by atoms with Crippen molar-refractivity contribution in [2.24, 2.45) is 0 Å². The molecule has 0 bridgehead atoms. The number of benzene rings is 2. The summed E-state index contributed by atoms with van der Waals surface area (Å²) in [6, 6.07) is 14.8. The van der Waals surface area contributed by atoms with Gasteiger partial charge in [-0.25, -0.2) is 8.42 Å². The molecule has 36 heavy (non-hydrogen) atoms. The highest BCUT2D eigenvalue weighted by Crippen LogP contribution is 2.21. The van der Waals surface area contributed by atoms with Crippen LogP contribution in [0, 0.1) is 13.8 Å². The molecular weight excluding hydrogens is 474 g/mol. The zero-order chi connectivity index (χ0) is 26.3.